The van der Waals surface area contributed by atoms with E-state index in [4.69, 9.17) is 51.7 Å². The summed E-state index contributed by atoms with van der Waals surface area (Å²) in [6, 6.07) is 10.7. The van der Waals surface area contributed by atoms with Crippen LogP contribution < -0.4 is 0 Å². The lowest BCUT2D eigenvalue weighted by molar-refractivity contribution is 1.26. The van der Waals surface area contributed by atoms with Crippen LogP contribution in [0.15, 0.2) is 30.3 Å². The smallest absolute Gasteiger partial charge is 0.0670 e. The molecule has 0 unspecified atom stereocenters. The van der Waals surface area contributed by atoms with Crippen molar-refractivity contribution in [2.24, 2.45) is 0 Å². The van der Waals surface area contributed by atoms with Crippen molar-refractivity contribution in [3.63, 3.8) is 0 Å². The highest BCUT2D eigenvalue weighted by Gasteiger charge is 2.13. The molecule has 2 rings (SSSR count). The van der Waals surface area contributed by atoms with E-state index in [0.717, 1.165) is 11.1 Å². The molecule has 2 aromatic carbocycles. The van der Waals surface area contributed by atoms with Gasteiger partial charge in [0.1, 0.15) is 0 Å². The summed E-state index contributed by atoms with van der Waals surface area (Å²) >= 11 is 24.2. The van der Waals surface area contributed by atoms with Gasteiger partial charge in [-0.2, -0.15) is 5.26 Å². The van der Waals surface area contributed by atoms with Gasteiger partial charge in [-0.15, -0.1) is 0 Å². The Kier molecular flexibility index (Phi) is 4.60. The zero-order valence-corrected chi connectivity index (χ0v) is 12.6. The van der Waals surface area contributed by atoms with Crippen molar-refractivity contribution in [1.29, 1.82) is 5.26 Å². The van der Waals surface area contributed by atoms with Crippen molar-refractivity contribution in [1.82, 2.24) is 0 Å². The van der Waals surface area contributed by atoms with Crippen molar-refractivity contribution in [3.05, 3.63) is 56.0 Å². The van der Waals surface area contributed by atoms with Crippen LogP contribution >= 0.6 is 46.4 Å². The predicted octanol–water partition coefficient (Wildman–Crippen LogP) is 6.03. The van der Waals surface area contributed by atoms with E-state index in [2.05, 4.69) is 6.07 Å². The third kappa shape index (κ3) is 2.99. The summed E-state index contributed by atoms with van der Waals surface area (Å²) in [5, 5.41) is 10.7. The van der Waals surface area contributed by atoms with Crippen LogP contribution in [-0.2, 0) is 6.42 Å². The Labute approximate surface area is 131 Å². The van der Waals surface area contributed by atoms with E-state index in [0.29, 0.717) is 25.7 Å². The number of rotatable bonds is 2. The van der Waals surface area contributed by atoms with E-state index in [1.54, 1.807) is 24.3 Å². The lowest BCUT2D eigenvalue weighted by Crippen LogP contribution is -1.91. The van der Waals surface area contributed by atoms with Crippen molar-refractivity contribution < 1.29 is 0 Å². The molecule has 0 N–H and O–H groups in total. The third-order valence-corrected chi connectivity index (χ3v) is 4.06. The molecule has 0 atom stereocenters. The number of hydrogen-bond acceptors (Lipinski definition) is 1. The van der Waals surface area contributed by atoms with Gasteiger partial charge in [-0.25, -0.2) is 0 Å². The fourth-order valence-corrected chi connectivity index (χ4v) is 2.69. The highest BCUT2D eigenvalue weighted by atomic mass is 35.5. The SMILES string of the molecule is N#CCc1c(Cl)cccc1-c1cc(Cl)c(Cl)cc1Cl. The van der Waals surface area contributed by atoms with Crippen molar-refractivity contribution >= 4 is 46.4 Å². The fraction of sp³-hybridized carbons (Fsp3) is 0.0714. The minimum atomic E-state index is 0.200. The molecule has 0 aliphatic rings. The lowest BCUT2D eigenvalue weighted by Gasteiger charge is -2.12. The molecular formula is C14H7Cl4N. The van der Waals surface area contributed by atoms with Gasteiger partial charge in [0.15, 0.2) is 0 Å². The average Bonchev–Trinajstić information content (AvgIpc) is 2.37. The molecule has 0 heterocycles. The van der Waals surface area contributed by atoms with Crippen molar-refractivity contribution in [2.75, 3.05) is 0 Å². The van der Waals surface area contributed by atoms with Crippen LogP contribution in [0.3, 0.4) is 0 Å². The predicted molar refractivity (Wildman–Crippen MR) is 81.2 cm³/mol. The Morgan fingerprint density at radius 3 is 2.21 bits per heavy atom. The van der Waals surface area contributed by atoms with Crippen molar-refractivity contribution in [3.8, 4) is 17.2 Å². The molecule has 0 aromatic heterocycles. The Morgan fingerprint density at radius 1 is 0.842 bits per heavy atom. The first-order valence-electron chi connectivity index (χ1n) is 5.34. The highest BCUT2D eigenvalue weighted by Crippen LogP contribution is 2.38. The van der Waals surface area contributed by atoms with Crippen LogP contribution in [0, 0.1) is 11.3 Å². The normalized spacial score (nSPS) is 10.3. The number of hydrogen-bond donors (Lipinski definition) is 0. The Bertz CT molecular complexity index is 674. The molecule has 19 heavy (non-hydrogen) atoms. The molecule has 0 spiro atoms. The molecule has 5 heteroatoms. The summed E-state index contributed by atoms with van der Waals surface area (Å²) in [4.78, 5) is 0. The van der Waals surface area contributed by atoms with Gasteiger partial charge in [0.05, 0.1) is 22.5 Å². The first kappa shape index (κ1) is 14.5. The maximum Gasteiger partial charge on any atom is 0.0670 e. The summed E-state index contributed by atoms with van der Waals surface area (Å²) in [5.74, 6) is 0. The third-order valence-electron chi connectivity index (χ3n) is 2.67. The van der Waals surface area contributed by atoms with Gasteiger partial charge < -0.3 is 0 Å². The minimum absolute atomic E-state index is 0.200. The first-order valence-corrected chi connectivity index (χ1v) is 6.85. The molecule has 0 saturated heterocycles. The summed E-state index contributed by atoms with van der Waals surface area (Å²) in [6.07, 6.45) is 0.200. The van der Waals surface area contributed by atoms with Gasteiger partial charge in [-0.3, -0.25) is 0 Å². The molecule has 0 saturated carbocycles. The van der Waals surface area contributed by atoms with Gasteiger partial charge in [0.2, 0.25) is 0 Å². The first-order chi connectivity index (χ1) is 9.04. The van der Waals surface area contributed by atoms with E-state index >= 15 is 0 Å². The molecule has 0 fully saturated rings. The number of nitriles is 1. The summed E-state index contributed by atoms with van der Waals surface area (Å²) in [6.45, 7) is 0. The second-order valence-corrected chi connectivity index (χ2v) is 5.48. The largest absolute Gasteiger partial charge is 0.198 e. The molecule has 0 aliphatic heterocycles. The Balaban J connectivity index is 2.69. The zero-order valence-electron chi connectivity index (χ0n) is 9.55. The van der Waals surface area contributed by atoms with Gasteiger partial charge in [-0.1, -0.05) is 58.5 Å². The van der Waals surface area contributed by atoms with Gasteiger partial charge in [0.25, 0.3) is 0 Å². The fourth-order valence-electron chi connectivity index (χ4n) is 1.80. The highest BCUT2D eigenvalue weighted by molar-refractivity contribution is 6.44. The number of benzene rings is 2. The lowest BCUT2D eigenvalue weighted by atomic mass is 9.98. The molecule has 0 bridgehead atoms. The van der Waals surface area contributed by atoms with Crippen LogP contribution in [-0.4, -0.2) is 0 Å². The molecule has 0 aliphatic carbocycles. The van der Waals surface area contributed by atoms with E-state index < -0.39 is 0 Å². The second-order valence-electron chi connectivity index (χ2n) is 3.85. The monoisotopic (exact) mass is 329 g/mol. The quantitative estimate of drug-likeness (QED) is 0.616. The molecule has 0 radical (unpaired) electrons. The van der Waals surface area contributed by atoms with E-state index in [9.17, 15) is 0 Å². The standard InChI is InChI=1S/C14H7Cl4N/c15-11-3-1-2-8(9(11)4-5-19)10-6-13(17)14(18)7-12(10)16/h1-3,6-7H,4H2. The van der Waals surface area contributed by atoms with Crippen LogP contribution in [0.25, 0.3) is 11.1 Å². The average molecular weight is 331 g/mol. The van der Waals surface area contributed by atoms with Crippen molar-refractivity contribution in [2.45, 2.75) is 6.42 Å². The summed E-state index contributed by atoms with van der Waals surface area (Å²) < 4.78 is 0. The Morgan fingerprint density at radius 2 is 1.53 bits per heavy atom. The van der Waals surface area contributed by atoms with Gasteiger partial charge in [0, 0.05) is 15.6 Å². The van der Waals surface area contributed by atoms with Gasteiger partial charge >= 0.3 is 0 Å². The number of halogens is 4. The molecule has 96 valence electrons. The minimum Gasteiger partial charge on any atom is -0.198 e. The van der Waals surface area contributed by atoms with Crippen LogP contribution in [0.2, 0.25) is 20.1 Å². The Hall–Kier alpha value is -0.910. The molecule has 0 amide bonds. The maximum absolute atomic E-state index is 8.89. The van der Waals surface area contributed by atoms with E-state index in [-0.39, 0.29) is 6.42 Å². The van der Waals surface area contributed by atoms with E-state index in [1.165, 1.54) is 0 Å². The molecule has 2 aromatic rings. The van der Waals surface area contributed by atoms with Gasteiger partial charge in [-0.05, 0) is 29.3 Å². The molecular weight excluding hydrogens is 324 g/mol. The van der Waals surface area contributed by atoms with E-state index in [1.807, 2.05) is 6.07 Å². The van der Waals surface area contributed by atoms with Crippen LogP contribution in [0.1, 0.15) is 5.56 Å². The molecule has 1 nitrogen and oxygen atoms in total. The zero-order chi connectivity index (χ0) is 14.0. The maximum atomic E-state index is 8.89. The van der Waals surface area contributed by atoms with Crippen LogP contribution in [0.5, 0.6) is 0 Å². The summed E-state index contributed by atoms with van der Waals surface area (Å²) in [7, 11) is 0. The summed E-state index contributed by atoms with van der Waals surface area (Å²) in [5.41, 5.74) is 2.23. The second kappa shape index (κ2) is 6.03. The van der Waals surface area contributed by atoms with Crippen LogP contribution in [0.4, 0.5) is 0 Å². The topological polar surface area (TPSA) is 23.8 Å². The number of nitrogens with zero attached hydrogens (tertiary/aromatic N) is 1.